The first-order chi connectivity index (χ1) is 24.3. The molecule has 0 N–H and O–H groups in total. The first-order valence-corrected chi connectivity index (χ1v) is 16.8. The molecular formula is C48H30O. The molecule has 9 aromatic carbocycles. The second kappa shape index (κ2) is 11.1. The molecule has 228 valence electrons. The molecule has 0 aliphatic carbocycles. The van der Waals surface area contributed by atoms with Gasteiger partial charge < -0.3 is 4.42 Å². The Bertz CT molecular complexity index is 2870. The predicted octanol–water partition coefficient (Wildman–Crippen LogP) is 13.7. The highest BCUT2D eigenvalue weighted by Gasteiger charge is 2.20. The van der Waals surface area contributed by atoms with E-state index in [4.69, 9.17) is 4.42 Å². The van der Waals surface area contributed by atoms with Gasteiger partial charge in [0.25, 0.3) is 0 Å². The number of rotatable bonds is 4. The van der Waals surface area contributed by atoms with Crippen LogP contribution in [-0.2, 0) is 0 Å². The van der Waals surface area contributed by atoms with Crippen molar-refractivity contribution in [1.82, 2.24) is 0 Å². The van der Waals surface area contributed by atoms with Crippen LogP contribution < -0.4 is 0 Å². The lowest BCUT2D eigenvalue weighted by molar-refractivity contribution is 0.669. The van der Waals surface area contributed by atoms with E-state index in [1.807, 2.05) is 6.07 Å². The molecule has 1 nitrogen and oxygen atoms in total. The van der Waals surface area contributed by atoms with Crippen LogP contribution in [0.2, 0.25) is 0 Å². The van der Waals surface area contributed by atoms with Crippen molar-refractivity contribution >= 4 is 54.3 Å². The summed E-state index contributed by atoms with van der Waals surface area (Å²) in [4.78, 5) is 0. The Morgan fingerprint density at radius 2 is 0.837 bits per heavy atom. The molecule has 10 rings (SSSR count). The molecule has 0 atom stereocenters. The Morgan fingerprint density at radius 3 is 1.69 bits per heavy atom. The van der Waals surface area contributed by atoms with E-state index in [-0.39, 0.29) is 0 Å². The predicted molar refractivity (Wildman–Crippen MR) is 208 cm³/mol. The molecule has 0 bridgehead atoms. The van der Waals surface area contributed by atoms with Crippen molar-refractivity contribution in [2.45, 2.75) is 0 Å². The quantitative estimate of drug-likeness (QED) is 0.178. The molecule has 0 radical (unpaired) electrons. The van der Waals surface area contributed by atoms with Crippen LogP contribution in [0.25, 0.3) is 98.8 Å². The van der Waals surface area contributed by atoms with Crippen molar-refractivity contribution < 1.29 is 4.42 Å². The third-order valence-corrected chi connectivity index (χ3v) is 10.1. The molecule has 1 aromatic heterocycles. The van der Waals surface area contributed by atoms with E-state index in [1.165, 1.54) is 76.8 Å². The summed E-state index contributed by atoms with van der Waals surface area (Å²) in [5.41, 5.74) is 11.6. The van der Waals surface area contributed by atoms with Gasteiger partial charge in [-0.3, -0.25) is 0 Å². The first-order valence-electron chi connectivity index (χ1n) is 16.8. The van der Waals surface area contributed by atoms with Crippen molar-refractivity contribution in [3.63, 3.8) is 0 Å². The Morgan fingerprint density at radius 1 is 0.265 bits per heavy atom. The smallest absolute Gasteiger partial charge is 0.135 e. The minimum absolute atomic E-state index is 0.906. The van der Waals surface area contributed by atoms with Crippen LogP contribution in [-0.4, -0.2) is 0 Å². The van der Waals surface area contributed by atoms with Gasteiger partial charge in [-0.2, -0.15) is 0 Å². The molecule has 1 heteroatoms. The topological polar surface area (TPSA) is 13.1 Å². The van der Waals surface area contributed by atoms with Gasteiger partial charge in [0.05, 0.1) is 0 Å². The number of fused-ring (bicyclic) bond motifs is 6. The largest absolute Gasteiger partial charge is 0.456 e. The van der Waals surface area contributed by atoms with E-state index in [9.17, 15) is 0 Å². The van der Waals surface area contributed by atoms with Crippen LogP contribution in [0.15, 0.2) is 186 Å². The van der Waals surface area contributed by atoms with E-state index < -0.39 is 0 Å². The van der Waals surface area contributed by atoms with Crippen LogP contribution >= 0.6 is 0 Å². The van der Waals surface area contributed by atoms with Gasteiger partial charge in [-0.25, -0.2) is 0 Å². The van der Waals surface area contributed by atoms with Crippen LogP contribution in [0.5, 0.6) is 0 Å². The SMILES string of the molecule is c1ccc(-c2ccccc2-c2c3ccccc3c(-c3ccc4oc5ccccc5c4c3)c3cc(-c4cccc5ccccc45)ccc23)cc1. The number of benzene rings is 9. The van der Waals surface area contributed by atoms with Gasteiger partial charge in [-0.05, 0) is 101 Å². The van der Waals surface area contributed by atoms with Crippen molar-refractivity contribution in [1.29, 1.82) is 0 Å². The van der Waals surface area contributed by atoms with Gasteiger partial charge in [0.1, 0.15) is 11.2 Å². The third kappa shape index (κ3) is 4.40. The van der Waals surface area contributed by atoms with Crippen molar-refractivity contribution in [3.05, 3.63) is 182 Å². The van der Waals surface area contributed by atoms with Gasteiger partial charge in [0.15, 0.2) is 0 Å². The summed E-state index contributed by atoms with van der Waals surface area (Å²) in [6, 6.07) is 65.9. The lowest BCUT2D eigenvalue weighted by Crippen LogP contribution is -1.93. The molecular weight excluding hydrogens is 593 g/mol. The molecule has 1 heterocycles. The van der Waals surface area contributed by atoms with Gasteiger partial charge >= 0.3 is 0 Å². The molecule has 10 aromatic rings. The molecule has 0 spiro atoms. The second-order valence-corrected chi connectivity index (χ2v) is 12.8. The maximum absolute atomic E-state index is 6.27. The average Bonchev–Trinajstić information content (AvgIpc) is 3.55. The number of hydrogen-bond donors (Lipinski definition) is 0. The van der Waals surface area contributed by atoms with E-state index in [0.717, 1.165) is 21.9 Å². The maximum Gasteiger partial charge on any atom is 0.135 e. The normalized spacial score (nSPS) is 11.7. The summed E-state index contributed by atoms with van der Waals surface area (Å²) in [5, 5.41) is 9.71. The van der Waals surface area contributed by atoms with E-state index in [1.54, 1.807) is 0 Å². The number of furan rings is 1. The zero-order valence-corrected chi connectivity index (χ0v) is 26.7. The van der Waals surface area contributed by atoms with Crippen LogP contribution in [0.1, 0.15) is 0 Å². The van der Waals surface area contributed by atoms with Crippen molar-refractivity contribution in [2.75, 3.05) is 0 Å². The van der Waals surface area contributed by atoms with Crippen LogP contribution in [0, 0.1) is 0 Å². The lowest BCUT2D eigenvalue weighted by atomic mass is 9.82. The fraction of sp³-hybridized carbons (Fsp3) is 0. The lowest BCUT2D eigenvalue weighted by Gasteiger charge is -2.20. The van der Waals surface area contributed by atoms with Gasteiger partial charge in [-0.1, -0.05) is 158 Å². The van der Waals surface area contributed by atoms with Crippen LogP contribution in [0.4, 0.5) is 0 Å². The zero-order chi connectivity index (χ0) is 32.3. The number of para-hydroxylation sites is 1. The minimum Gasteiger partial charge on any atom is -0.456 e. The second-order valence-electron chi connectivity index (χ2n) is 12.8. The van der Waals surface area contributed by atoms with Gasteiger partial charge in [-0.15, -0.1) is 0 Å². The Kier molecular flexibility index (Phi) is 6.25. The molecule has 0 saturated heterocycles. The highest BCUT2D eigenvalue weighted by molar-refractivity contribution is 6.24. The minimum atomic E-state index is 0.906. The fourth-order valence-electron chi connectivity index (χ4n) is 7.88. The average molecular weight is 623 g/mol. The Hall–Kier alpha value is -6.44. The van der Waals surface area contributed by atoms with Crippen molar-refractivity contribution in [2.24, 2.45) is 0 Å². The first kappa shape index (κ1) is 27.7. The summed E-state index contributed by atoms with van der Waals surface area (Å²) in [6.45, 7) is 0. The summed E-state index contributed by atoms with van der Waals surface area (Å²) in [6.07, 6.45) is 0. The number of hydrogen-bond acceptors (Lipinski definition) is 1. The summed E-state index contributed by atoms with van der Waals surface area (Å²) < 4.78 is 6.27. The van der Waals surface area contributed by atoms with Gasteiger partial charge in [0, 0.05) is 10.8 Å². The molecule has 0 amide bonds. The Labute approximate surface area is 284 Å². The maximum atomic E-state index is 6.27. The Balaban J connectivity index is 1.35. The van der Waals surface area contributed by atoms with Gasteiger partial charge in [0.2, 0.25) is 0 Å². The van der Waals surface area contributed by atoms with E-state index >= 15 is 0 Å². The monoisotopic (exact) mass is 622 g/mol. The van der Waals surface area contributed by atoms with Crippen molar-refractivity contribution in [3.8, 4) is 44.5 Å². The molecule has 0 fully saturated rings. The standard InChI is InChI=1S/C48H30O/c1-2-13-31(14-3-1)36-18-6-7-20-39(36)48-41-22-9-8-21-40(41)47(34-26-28-46-43(30-34)38-19-10-11-24-45(38)49-46)44-29-33(25-27-42(44)48)37-23-12-16-32-15-4-5-17-35(32)37/h1-30H. The molecule has 0 unspecified atom stereocenters. The molecule has 0 aliphatic heterocycles. The van der Waals surface area contributed by atoms with E-state index in [0.29, 0.717) is 0 Å². The zero-order valence-electron chi connectivity index (χ0n) is 26.7. The summed E-state index contributed by atoms with van der Waals surface area (Å²) in [5.74, 6) is 0. The molecule has 49 heavy (non-hydrogen) atoms. The fourth-order valence-corrected chi connectivity index (χ4v) is 7.88. The van der Waals surface area contributed by atoms with E-state index in [2.05, 4.69) is 176 Å². The molecule has 0 aliphatic rings. The summed E-state index contributed by atoms with van der Waals surface area (Å²) >= 11 is 0. The van der Waals surface area contributed by atoms with Crippen LogP contribution in [0.3, 0.4) is 0 Å². The summed E-state index contributed by atoms with van der Waals surface area (Å²) in [7, 11) is 0. The third-order valence-electron chi connectivity index (χ3n) is 10.1. The highest BCUT2D eigenvalue weighted by atomic mass is 16.3. The molecule has 0 saturated carbocycles. The highest BCUT2D eigenvalue weighted by Crippen LogP contribution is 2.48.